The van der Waals surface area contributed by atoms with Gasteiger partial charge in [-0.25, -0.2) is 4.79 Å². The quantitative estimate of drug-likeness (QED) is 0.134. The second-order valence-corrected chi connectivity index (χ2v) is 8.94. The summed E-state index contributed by atoms with van der Waals surface area (Å²) in [4.78, 5) is 61.3. The van der Waals surface area contributed by atoms with Crippen molar-refractivity contribution < 1.29 is 29.1 Å². The first kappa shape index (κ1) is 30.5. The third-order valence-electron chi connectivity index (χ3n) is 5.48. The van der Waals surface area contributed by atoms with E-state index in [4.69, 9.17) is 17.2 Å². The number of rotatable bonds is 16. The van der Waals surface area contributed by atoms with E-state index < -0.39 is 66.1 Å². The summed E-state index contributed by atoms with van der Waals surface area (Å²) in [5, 5.41) is 17.2. The van der Waals surface area contributed by atoms with E-state index >= 15 is 0 Å². The smallest absolute Gasteiger partial charge is 0.326 e. The summed E-state index contributed by atoms with van der Waals surface area (Å²) in [7, 11) is 0. The molecule has 0 saturated carbocycles. The molecule has 36 heavy (non-hydrogen) atoms. The van der Waals surface area contributed by atoms with Crippen LogP contribution in [0.1, 0.15) is 45.1 Å². The number of carbonyl (C=O) groups is 5. The molecule has 0 bridgehead atoms. The van der Waals surface area contributed by atoms with Crippen molar-refractivity contribution in [1.29, 1.82) is 0 Å². The zero-order chi connectivity index (χ0) is 27.3. The van der Waals surface area contributed by atoms with Crippen molar-refractivity contribution >= 4 is 29.6 Å². The van der Waals surface area contributed by atoms with E-state index in [1.165, 1.54) is 0 Å². The molecule has 10 N–H and O–H groups in total. The molecule has 4 atom stereocenters. The van der Waals surface area contributed by atoms with Crippen molar-refractivity contribution in [3.8, 4) is 0 Å². The van der Waals surface area contributed by atoms with Crippen LogP contribution in [0.2, 0.25) is 0 Å². The Bertz CT molecular complexity index is 894. The first-order valence-corrected chi connectivity index (χ1v) is 11.9. The molecule has 0 aliphatic carbocycles. The molecule has 0 saturated heterocycles. The standard InChI is InChI=1S/C24H38N6O6/c1-14(2)20(30-21(32)16(26)13-19(27)31)23(34)29-18(12-15-8-4-3-5-9-15)22(33)28-17(24(35)36)10-6-7-11-25/h3-5,8-9,14,16-18,20H,6-7,10-13,25-26H2,1-2H3,(H2,27,31)(H,28,33)(H,29,34)(H,30,32)(H,35,36). The Hall–Kier alpha value is -3.51. The van der Waals surface area contributed by atoms with Gasteiger partial charge >= 0.3 is 5.97 Å². The summed E-state index contributed by atoms with van der Waals surface area (Å²) in [6.07, 6.45) is 1.01. The molecule has 0 fully saturated rings. The number of nitrogens with one attached hydrogen (secondary N) is 3. The minimum atomic E-state index is -1.23. The SMILES string of the molecule is CC(C)C(NC(=O)C(N)CC(N)=O)C(=O)NC(Cc1ccccc1)C(=O)NC(CCCCN)C(=O)O. The molecule has 0 aliphatic rings. The van der Waals surface area contributed by atoms with Gasteiger partial charge in [0.1, 0.15) is 18.1 Å². The van der Waals surface area contributed by atoms with Crippen LogP contribution in [-0.4, -0.2) is 65.4 Å². The maximum Gasteiger partial charge on any atom is 0.326 e. The summed E-state index contributed by atoms with van der Waals surface area (Å²) in [5.74, 6) is -4.42. The van der Waals surface area contributed by atoms with Gasteiger partial charge in [0, 0.05) is 6.42 Å². The predicted octanol–water partition coefficient (Wildman–Crippen LogP) is -1.24. The van der Waals surface area contributed by atoms with E-state index in [2.05, 4.69) is 16.0 Å². The molecule has 12 nitrogen and oxygen atoms in total. The Balaban J connectivity index is 3.06. The van der Waals surface area contributed by atoms with Crippen LogP contribution in [0.4, 0.5) is 0 Å². The van der Waals surface area contributed by atoms with Crippen LogP contribution in [0.15, 0.2) is 30.3 Å². The minimum absolute atomic E-state index is 0.0908. The second kappa shape index (κ2) is 15.5. The van der Waals surface area contributed by atoms with Crippen molar-refractivity contribution in [2.45, 2.75) is 70.1 Å². The van der Waals surface area contributed by atoms with Crippen molar-refractivity contribution in [2.24, 2.45) is 23.1 Å². The van der Waals surface area contributed by atoms with E-state index in [1.54, 1.807) is 44.2 Å². The summed E-state index contributed by atoms with van der Waals surface area (Å²) in [6.45, 7) is 3.78. The second-order valence-electron chi connectivity index (χ2n) is 8.94. The van der Waals surface area contributed by atoms with Crippen LogP contribution in [0.3, 0.4) is 0 Å². The molecular formula is C24H38N6O6. The number of carboxylic acid groups (broad SMARTS) is 1. The number of hydrogen-bond acceptors (Lipinski definition) is 7. The van der Waals surface area contributed by atoms with E-state index in [0.29, 0.717) is 19.4 Å². The van der Waals surface area contributed by atoms with Gasteiger partial charge in [-0.05, 0) is 37.3 Å². The molecule has 0 aliphatic heterocycles. The number of carbonyl (C=O) groups excluding carboxylic acids is 4. The monoisotopic (exact) mass is 506 g/mol. The number of amides is 4. The first-order valence-electron chi connectivity index (χ1n) is 11.9. The van der Waals surface area contributed by atoms with Crippen LogP contribution in [0, 0.1) is 5.92 Å². The zero-order valence-electron chi connectivity index (χ0n) is 20.7. The van der Waals surface area contributed by atoms with Crippen molar-refractivity contribution in [1.82, 2.24) is 16.0 Å². The lowest BCUT2D eigenvalue weighted by Crippen LogP contribution is -2.59. The summed E-state index contributed by atoms with van der Waals surface area (Å²) >= 11 is 0. The number of carboxylic acids is 1. The summed E-state index contributed by atoms with van der Waals surface area (Å²) < 4.78 is 0. The van der Waals surface area contributed by atoms with Crippen LogP contribution >= 0.6 is 0 Å². The third-order valence-corrected chi connectivity index (χ3v) is 5.48. The van der Waals surface area contributed by atoms with E-state index in [1.807, 2.05) is 0 Å². The fourth-order valence-corrected chi connectivity index (χ4v) is 3.45. The number of hydrogen-bond donors (Lipinski definition) is 7. The highest BCUT2D eigenvalue weighted by molar-refractivity contribution is 5.95. The highest BCUT2D eigenvalue weighted by Gasteiger charge is 2.32. The predicted molar refractivity (Wildman–Crippen MR) is 133 cm³/mol. The van der Waals surface area contributed by atoms with E-state index in [9.17, 15) is 29.1 Å². The average Bonchev–Trinajstić information content (AvgIpc) is 2.81. The minimum Gasteiger partial charge on any atom is -0.480 e. The molecule has 1 aromatic carbocycles. The Morgan fingerprint density at radius 1 is 0.889 bits per heavy atom. The van der Waals surface area contributed by atoms with Gasteiger partial charge in [-0.2, -0.15) is 0 Å². The molecule has 4 unspecified atom stereocenters. The molecule has 1 aromatic rings. The van der Waals surface area contributed by atoms with Gasteiger partial charge in [-0.1, -0.05) is 44.2 Å². The Kier molecular flexibility index (Phi) is 13.1. The summed E-state index contributed by atoms with van der Waals surface area (Å²) in [5.41, 5.74) is 17.0. The fourth-order valence-electron chi connectivity index (χ4n) is 3.45. The van der Waals surface area contributed by atoms with Gasteiger partial charge in [0.2, 0.25) is 23.6 Å². The van der Waals surface area contributed by atoms with E-state index in [0.717, 1.165) is 5.56 Å². The van der Waals surface area contributed by atoms with Gasteiger partial charge < -0.3 is 38.3 Å². The maximum atomic E-state index is 13.1. The van der Waals surface area contributed by atoms with Crippen molar-refractivity contribution in [2.75, 3.05) is 6.54 Å². The highest BCUT2D eigenvalue weighted by Crippen LogP contribution is 2.09. The van der Waals surface area contributed by atoms with Crippen molar-refractivity contribution in [3.05, 3.63) is 35.9 Å². The zero-order valence-corrected chi connectivity index (χ0v) is 20.7. The third kappa shape index (κ3) is 10.8. The molecular weight excluding hydrogens is 468 g/mol. The molecule has 0 aromatic heterocycles. The molecule has 200 valence electrons. The van der Waals surface area contributed by atoms with Gasteiger partial charge in [-0.3, -0.25) is 19.2 Å². The van der Waals surface area contributed by atoms with Crippen LogP contribution < -0.4 is 33.2 Å². The Morgan fingerprint density at radius 2 is 1.50 bits per heavy atom. The maximum absolute atomic E-state index is 13.1. The number of aliphatic carboxylic acids is 1. The van der Waals surface area contributed by atoms with Gasteiger partial charge in [-0.15, -0.1) is 0 Å². The summed E-state index contributed by atoms with van der Waals surface area (Å²) in [6, 6.07) is 4.33. The normalized spacial score (nSPS) is 14.2. The Labute approximate surface area is 210 Å². The molecule has 0 heterocycles. The number of benzene rings is 1. The average molecular weight is 507 g/mol. The molecule has 12 heteroatoms. The first-order chi connectivity index (χ1) is 17.0. The van der Waals surface area contributed by atoms with Gasteiger partial charge in [0.15, 0.2) is 0 Å². The van der Waals surface area contributed by atoms with Gasteiger partial charge in [0.05, 0.1) is 12.5 Å². The molecule has 1 rings (SSSR count). The lowest BCUT2D eigenvalue weighted by atomic mass is 10.00. The highest BCUT2D eigenvalue weighted by atomic mass is 16.4. The van der Waals surface area contributed by atoms with Crippen LogP contribution in [-0.2, 0) is 30.4 Å². The molecule has 4 amide bonds. The lowest BCUT2D eigenvalue weighted by Gasteiger charge is -2.27. The largest absolute Gasteiger partial charge is 0.480 e. The van der Waals surface area contributed by atoms with E-state index in [-0.39, 0.29) is 12.8 Å². The lowest BCUT2D eigenvalue weighted by molar-refractivity contribution is -0.142. The number of unbranched alkanes of at least 4 members (excludes halogenated alkanes) is 1. The molecule has 0 spiro atoms. The van der Waals surface area contributed by atoms with Gasteiger partial charge in [0.25, 0.3) is 0 Å². The topological polar surface area (TPSA) is 220 Å². The fraction of sp³-hybridized carbons (Fsp3) is 0.542. The molecule has 0 radical (unpaired) electrons. The van der Waals surface area contributed by atoms with Crippen LogP contribution in [0.25, 0.3) is 0 Å². The Morgan fingerprint density at radius 3 is 2.03 bits per heavy atom. The van der Waals surface area contributed by atoms with Crippen molar-refractivity contribution in [3.63, 3.8) is 0 Å². The van der Waals surface area contributed by atoms with Crippen LogP contribution in [0.5, 0.6) is 0 Å². The number of primary amides is 1. The number of nitrogens with two attached hydrogens (primary N) is 3.